The number of nitrogens with zero attached hydrogens (tertiary/aromatic N) is 5. The summed E-state index contributed by atoms with van der Waals surface area (Å²) in [5, 5.41) is 6.15. The second kappa shape index (κ2) is 11.5. The lowest BCUT2D eigenvalue weighted by Crippen LogP contribution is -2.56. The molecule has 216 valence electrons. The summed E-state index contributed by atoms with van der Waals surface area (Å²) in [6, 6.07) is 14.9. The molecule has 0 saturated heterocycles. The molecule has 2 heterocycles. The molecule has 2 aliphatic rings. The third-order valence-corrected chi connectivity index (χ3v) is 8.26. The molecule has 41 heavy (non-hydrogen) atoms. The fourth-order valence-electron chi connectivity index (χ4n) is 5.57. The Morgan fingerprint density at radius 1 is 0.927 bits per heavy atom. The van der Waals surface area contributed by atoms with Gasteiger partial charge in [-0.15, -0.1) is 0 Å². The number of fused-ring (bicyclic) bond motifs is 2. The van der Waals surface area contributed by atoms with Crippen molar-refractivity contribution >= 4 is 35.1 Å². The molecule has 11 heteroatoms. The summed E-state index contributed by atoms with van der Waals surface area (Å²) >= 11 is 6.74. The van der Waals surface area contributed by atoms with Gasteiger partial charge in [-0.25, -0.2) is 9.78 Å². The zero-order valence-electron chi connectivity index (χ0n) is 23.9. The van der Waals surface area contributed by atoms with E-state index < -0.39 is 0 Å². The number of hydrogen-bond acceptors (Lipinski definition) is 5. The summed E-state index contributed by atoms with van der Waals surface area (Å²) in [5.74, 6) is 0.0431. The van der Waals surface area contributed by atoms with Gasteiger partial charge in [0.15, 0.2) is 5.15 Å². The van der Waals surface area contributed by atoms with E-state index in [1.165, 1.54) is 4.90 Å². The molecule has 1 aliphatic heterocycles. The number of hydrogen-bond donors (Lipinski definition) is 2. The van der Waals surface area contributed by atoms with E-state index in [-0.39, 0.29) is 23.4 Å². The molecule has 3 aromatic rings. The number of benzene rings is 2. The highest BCUT2D eigenvalue weighted by atomic mass is 35.5. The maximum Gasteiger partial charge on any atom is 0.321 e. The maximum absolute atomic E-state index is 13.3. The van der Waals surface area contributed by atoms with Crippen LogP contribution in [0.25, 0.3) is 0 Å². The van der Waals surface area contributed by atoms with Crippen molar-refractivity contribution in [2.45, 2.75) is 44.4 Å². The van der Waals surface area contributed by atoms with Crippen LogP contribution in [-0.4, -0.2) is 76.8 Å². The van der Waals surface area contributed by atoms with Gasteiger partial charge in [0.25, 0.3) is 11.8 Å². The van der Waals surface area contributed by atoms with Crippen LogP contribution in [0.2, 0.25) is 5.15 Å². The van der Waals surface area contributed by atoms with E-state index in [2.05, 4.69) is 20.5 Å². The predicted octanol–water partition coefficient (Wildman–Crippen LogP) is 4.16. The maximum atomic E-state index is 13.3. The highest BCUT2D eigenvalue weighted by Gasteiger charge is 2.50. The number of nitrogens with one attached hydrogen (secondary N) is 2. The van der Waals surface area contributed by atoms with Crippen LogP contribution in [-0.2, 0) is 25.2 Å². The van der Waals surface area contributed by atoms with Gasteiger partial charge in [0, 0.05) is 65.6 Å². The van der Waals surface area contributed by atoms with Crippen LogP contribution in [0.4, 0.5) is 10.5 Å². The van der Waals surface area contributed by atoms with Crippen LogP contribution in [0, 0.1) is 0 Å². The van der Waals surface area contributed by atoms with E-state index in [1.807, 2.05) is 41.0 Å². The van der Waals surface area contributed by atoms with E-state index in [0.29, 0.717) is 35.3 Å². The van der Waals surface area contributed by atoms with Gasteiger partial charge in [-0.3, -0.25) is 14.5 Å². The number of carbonyl (C=O) groups is 3. The van der Waals surface area contributed by atoms with Crippen LogP contribution < -0.4 is 10.6 Å². The third kappa shape index (κ3) is 5.67. The minimum atomic E-state index is -0.271. The molecule has 0 atom stereocenters. The van der Waals surface area contributed by atoms with Crippen molar-refractivity contribution in [3.63, 3.8) is 0 Å². The molecule has 1 aliphatic carbocycles. The molecular formula is C30H36ClN7O3. The number of halogens is 1. The molecule has 10 nitrogen and oxygen atoms in total. The second-order valence-corrected chi connectivity index (χ2v) is 11.5. The third-order valence-electron chi connectivity index (χ3n) is 7.99. The summed E-state index contributed by atoms with van der Waals surface area (Å²) in [7, 11) is 6.86. The zero-order chi connectivity index (χ0) is 29.3. The van der Waals surface area contributed by atoms with E-state index >= 15 is 0 Å². The lowest BCUT2D eigenvalue weighted by atomic mass is 9.71. The number of imidazole rings is 1. The Balaban J connectivity index is 1.28. The Morgan fingerprint density at radius 3 is 2.17 bits per heavy atom. The first-order valence-corrected chi connectivity index (χ1v) is 14.1. The Labute approximate surface area is 245 Å². The number of carbonyl (C=O) groups excluding carboxylic acids is 3. The number of urea groups is 1. The minimum absolute atomic E-state index is 0.0167. The molecule has 0 radical (unpaired) electrons. The fourth-order valence-corrected chi connectivity index (χ4v) is 5.93. The SMILES string of the molecule is CN(C)C(=O)Nc1ccc(CNC(=O)c2nc(Cl)c3n2CCN(Cc2ccc(C(=O)N(C)C)cc2)C32CCC2)cc1. The Bertz CT molecular complexity index is 1440. The van der Waals surface area contributed by atoms with Crippen molar-refractivity contribution in [3.8, 4) is 0 Å². The van der Waals surface area contributed by atoms with Crippen molar-refractivity contribution < 1.29 is 14.4 Å². The zero-order valence-corrected chi connectivity index (χ0v) is 24.7. The molecular weight excluding hydrogens is 542 g/mol. The molecule has 1 fully saturated rings. The largest absolute Gasteiger partial charge is 0.345 e. The van der Waals surface area contributed by atoms with Gasteiger partial charge in [-0.1, -0.05) is 35.9 Å². The average molecular weight is 578 g/mol. The van der Waals surface area contributed by atoms with Crippen LogP contribution in [0.5, 0.6) is 0 Å². The molecule has 2 N–H and O–H groups in total. The van der Waals surface area contributed by atoms with Crippen molar-refractivity contribution in [3.05, 3.63) is 81.9 Å². The van der Waals surface area contributed by atoms with Gasteiger partial charge in [-0.2, -0.15) is 0 Å². The number of anilines is 1. The van der Waals surface area contributed by atoms with E-state index in [0.717, 1.165) is 49.2 Å². The topological polar surface area (TPSA) is 103 Å². The Morgan fingerprint density at radius 2 is 1.59 bits per heavy atom. The summed E-state index contributed by atoms with van der Waals surface area (Å²) < 4.78 is 1.99. The fraction of sp³-hybridized carbons (Fsp3) is 0.400. The van der Waals surface area contributed by atoms with Gasteiger partial charge in [0.05, 0.1) is 11.2 Å². The van der Waals surface area contributed by atoms with Crippen LogP contribution >= 0.6 is 11.6 Å². The van der Waals surface area contributed by atoms with E-state index in [1.54, 1.807) is 45.2 Å². The number of aromatic nitrogens is 2. The Kier molecular flexibility index (Phi) is 8.06. The standard InChI is InChI=1S/C30H36ClN7O3/c1-35(2)28(40)22-10-6-21(7-11-22)19-37-16-17-38-24(30(37)14-5-15-30)25(31)34-26(38)27(39)32-18-20-8-12-23(13-9-20)33-29(41)36(3)4/h6-13H,5,14-19H2,1-4H3,(H,32,39)(H,33,41). The van der Waals surface area contributed by atoms with Crippen LogP contribution in [0.1, 0.15) is 57.1 Å². The molecule has 2 aromatic carbocycles. The van der Waals surface area contributed by atoms with Gasteiger partial charge in [0.1, 0.15) is 0 Å². The number of amides is 4. The van der Waals surface area contributed by atoms with Crippen molar-refractivity contribution in [2.75, 3.05) is 40.1 Å². The van der Waals surface area contributed by atoms with Crippen LogP contribution in [0.3, 0.4) is 0 Å². The molecule has 1 saturated carbocycles. The molecule has 5 rings (SSSR count). The van der Waals surface area contributed by atoms with E-state index in [9.17, 15) is 14.4 Å². The first kappa shape index (κ1) is 28.6. The van der Waals surface area contributed by atoms with Gasteiger partial charge >= 0.3 is 6.03 Å². The summed E-state index contributed by atoms with van der Waals surface area (Å²) in [4.78, 5) is 47.4. The predicted molar refractivity (Wildman–Crippen MR) is 158 cm³/mol. The Hall–Kier alpha value is -3.89. The highest BCUT2D eigenvalue weighted by molar-refractivity contribution is 6.30. The summed E-state index contributed by atoms with van der Waals surface area (Å²) in [5.41, 5.74) is 4.04. The van der Waals surface area contributed by atoms with E-state index in [4.69, 9.17) is 11.6 Å². The molecule has 1 spiro atoms. The smallest absolute Gasteiger partial charge is 0.321 e. The average Bonchev–Trinajstić information content (AvgIpc) is 3.28. The normalized spacial score (nSPS) is 15.5. The minimum Gasteiger partial charge on any atom is -0.345 e. The first-order chi connectivity index (χ1) is 19.6. The number of rotatable bonds is 7. The molecule has 0 unspecified atom stereocenters. The van der Waals surface area contributed by atoms with Crippen molar-refractivity contribution in [1.82, 2.24) is 29.6 Å². The lowest BCUT2D eigenvalue weighted by Gasteiger charge is -2.53. The van der Waals surface area contributed by atoms with Gasteiger partial charge in [-0.05, 0) is 54.7 Å². The van der Waals surface area contributed by atoms with Crippen molar-refractivity contribution in [2.24, 2.45) is 0 Å². The highest BCUT2D eigenvalue weighted by Crippen LogP contribution is 2.51. The van der Waals surface area contributed by atoms with Crippen LogP contribution in [0.15, 0.2) is 48.5 Å². The summed E-state index contributed by atoms with van der Waals surface area (Å²) in [6.45, 7) is 2.42. The van der Waals surface area contributed by atoms with Gasteiger partial charge < -0.3 is 25.0 Å². The second-order valence-electron chi connectivity index (χ2n) is 11.1. The lowest BCUT2D eigenvalue weighted by molar-refractivity contribution is -0.0216. The molecule has 4 amide bonds. The molecule has 1 aromatic heterocycles. The quantitative estimate of drug-likeness (QED) is 0.439. The molecule has 0 bridgehead atoms. The first-order valence-electron chi connectivity index (χ1n) is 13.8. The monoisotopic (exact) mass is 577 g/mol. The van der Waals surface area contributed by atoms with Gasteiger partial charge in [0.2, 0.25) is 5.82 Å². The summed E-state index contributed by atoms with van der Waals surface area (Å²) in [6.07, 6.45) is 2.99. The van der Waals surface area contributed by atoms with Crippen molar-refractivity contribution in [1.29, 1.82) is 0 Å².